The number of likely N-dealkylation sites (tertiary alicyclic amines) is 1. The Balaban J connectivity index is 1.40. The Morgan fingerprint density at radius 2 is 1.77 bits per heavy atom. The van der Waals surface area contributed by atoms with Crippen LogP contribution >= 0.6 is 0 Å². The summed E-state index contributed by atoms with van der Waals surface area (Å²) in [5, 5.41) is 9.22. The van der Waals surface area contributed by atoms with Crippen molar-refractivity contribution in [3.8, 4) is 17.0 Å². The Hall–Kier alpha value is -3.92. The van der Waals surface area contributed by atoms with Crippen LogP contribution in [0.5, 0.6) is 5.75 Å². The number of sulfonamides is 1. The van der Waals surface area contributed by atoms with Gasteiger partial charge in [-0.05, 0) is 81.1 Å². The first-order chi connectivity index (χ1) is 19.1. The SMILES string of the molecule is Cc1cccc(S(=O)(=O)N2C[C@H](CCC(=O)N3CCC(C(=O)O)CC3)Oc3ccc(-c4cccc(C)n4)cc32)c1. The van der Waals surface area contributed by atoms with Gasteiger partial charge in [0.25, 0.3) is 10.0 Å². The number of nitrogens with zero attached hydrogens (tertiary/aromatic N) is 3. The van der Waals surface area contributed by atoms with Crippen LogP contribution in [0.25, 0.3) is 11.3 Å². The molecule has 1 atom stereocenters. The van der Waals surface area contributed by atoms with E-state index in [0.717, 1.165) is 22.5 Å². The topological polar surface area (TPSA) is 117 Å². The molecule has 0 saturated carbocycles. The van der Waals surface area contributed by atoms with Crippen LogP contribution in [-0.2, 0) is 19.6 Å². The van der Waals surface area contributed by atoms with Crippen LogP contribution < -0.4 is 9.04 Å². The number of hydrogen-bond donors (Lipinski definition) is 1. The lowest BCUT2D eigenvalue weighted by Crippen LogP contribution is -2.44. The molecule has 0 spiro atoms. The monoisotopic (exact) mass is 563 g/mol. The van der Waals surface area contributed by atoms with Crippen molar-refractivity contribution in [2.24, 2.45) is 5.92 Å². The number of hydrogen-bond acceptors (Lipinski definition) is 6. The van der Waals surface area contributed by atoms with Crippen molar-refractivity contribution in [3.63, 3.8) is 0 Å². The third kappa shape index (κ3) is 5.82. The molecule has 210 valence electrons. The lowest BCUT2D eigenvalue weighted by Gasteiger charge is -2.36. The summed E-state index contributed by atoms with van der Waals surface area (Å²) in [5.41, 5.74) is 3.62. The molecule has 1 amide bonds. The summed E-state index contributed by atoms with van der Waals surface area (Å²) in [7, 11) is -3.93. The number of benzene rings is 2. The third-order valence-corrected chi connectivity index (χ3v) is 9.31. The number of pyridine rings is 1. The minimum absolute atomic E-state index is 0.0579. The largest absolute Gasteiger partial charge is 0.486 e. The summed E-state index contributed by atoms with van der Waals surface area (Å²) in [5.74, 6) is -0.883. The maximum absolute atomic E-state index is 14.0. The number of rotatable bonds is 7. The first kappa shape index (κ1) is 27.6. The lowest BCUT2D eigenvalue weighted by atomic mass is 9.97. The van der Waals surface area contributed by atoms with Crippen molar-refractivity contribution >= 4 is 27.6 Å². The van der Waals surface area contributed by atoms with E-state index in [1.807, 2.05) is 44.2 Å². The second-order valence-electron chi connectivity index (χ2n) is 10.5. The Bertz CT molecular complexity index is 1530. The zero-order valence-electron chi connectivity index (χ0n) is 22.6. The molecule has 0 bridgehead atoms. The Morgan fingerprint density at radius 3 is 2.48 bits per heavy atom. The van der Waals surface area contributed by atoms with Gasteiger partial charge in [-0.15, -0.1) is 0 Å². The van der Waals surface area contributed by atoms with E-state index in [2.05, 4.69) is 4.98 Å². The minimum Gasteiger partial charge on any atom is -0.486 e. The number of piperidine rings is 1. The second kappa shape index (κ2) is 11.3. The summed E-state index contributed by atoms with van der Waals surface area (Å²) < 4.78 is 35.5. The molecule has 0 aliphatic carbocycles. The molecule has 1 N–H and O–H groups in total. The van der Waals surface area contributed by atoms with Crippen LogP contribution in [0.1, 0.15) is 36.9 Å². The molecule has 2 aromatic carbocycles. The average molecular weight is 564 g/mol. The second-order valence-corrected chi connectivity index (χ2v) is 12.3. The molecular weight excluding hydrogens is 530 g/mol. The highest BCUT2D eigenvalue weighted by atomic mass is 32.2. The fourth-order valence-electron chi connectivity index (χ4n) is 5.27. The molecule has 2 aliphatic heterocycles. The number of fused-ring (bicyclic) bond motifs is 1. The molecule has 2 aliphatic rings. The van der Waals surface area contributed by atoms with E-state index < -0.39 is 28.0 Å². The summed E-state index contributed by atoms with van der Waals surface area (Å²) in [6.07, 6.45) is 0.861. The van der Waals surface area contributed by atoms with E-state index in [-0.39, 0.29) is 23.8 Å². The Morgan fingerprint density at radius 1 is 1.02 bits per heavy atom. The fourth-order valence-corrected chi connectivity index (χ4v) is 6.88. The highest BCUT2D eigenvalue weighted by Gasteiger charge is 2.36. The first-order valence-corrected chi connectivity index (χ1v) is 14.9. The van der Waals surface area contributed by atoms with Gasteiger partial charge >= 0.3 is 5.97 Å². The molecule has 1 fully saturated rings. The molecule has 9 nitrogen and oxygen atoms in total. The molecule has 0 unspecified atom stereocenters. The van der Waals surface area contributed by atoms with Crippen LogP contribution in [-0.4, -0.2) is 61.0 Å². The van der Waals surface area contributed by atoms with Gasteiger partial charge < -0.3 is 14.7 Å². The summed E-state index contributed by atoms with van der Waals surface area (Å²) in [4.78, 5) is 30.6. The zero-order chi connectivity index (χ0) is 28.4. The van der Waals surface area contributed by atoms with E-state index in [1.165, 1.54) is 4.31 Å². The average Bonchev–Trinajstić information content (AvgIpc) is 2.95. The predicted molar refractivity (Wildman–Crippen MR) is 151 cm³/mol. The number of aromatic nitrogens is 1. The number of carboxylic acids is 1. The van der Waals surface area contributed by atoms with E-state index in [0.29, 0.717) is 43.8 Å². The van der Waals surface area contributed by atoms with E-state index >= 15 is 0 Å². The Kier molecular flexibility index (Phi) is 7.80. The third-order valence-electron chi connectivity index (χ3n) is 7.53. The lowest BCUT2D eigenvalue weighted by molar-refractivity contribution is -0.145. The molecule has 40 heavy (non-hydrogen) atoms. The van der Waals surface area contributed by atoms with Gasteiger partial charge in [0.1, 0.15) is 11.9 Å². The quantitative estimate of drug-likeness (QED) is 0.452. The molecule has 0 radical (unpaired) electrons. The highest BCUT2D eigenvalue weighted by molar-refractivity contribution is 7.92. The van der Waals surface area contributed by atoms with Crippen molar-refractivity contribution in [1.29, 1.82) is 0 Å². The molecular formula is C30H33N3O6S. The van der Waals surface area contributed by atoms with Crippen molar-refractivity contribution in [2.75, 3.05) is 23.9 Å². The van der Waals surface area contributed by atoms with Crippen LogP contribution in [0.2, 0.25) is 0 Å². The van der Waals surface area contributed by atoms with Gasteiger partial charge in [-0.1, -0.05) is 18.2 Å². The molecule has 3 heterocycles. The molecule has 1 aromatic heterocycles. The fraction of sp³-hybridized carbons (Fsp3) is 0.367. The Labute approximate surface area is 234 Å². The van der Waals surface area contributed by atoms with Crippen molar-refractivity contribution in [2.45, 2.75) is 50.5 Å². The highest BCUT2D eigenvalue weighted by Crippen LogP contribution is 2.40. The number of carbonyl (C=O) groups excluding carboxylic acids is 1. The summed E-state index contributed by atoms with van der Waals surface area (Å²) >= 11 is 0. The van der Waals surface area contributed by atoms with Gasteiger partial charge in [-0.3, -0.25) is 18.9 Å². The molecule has 10 heteroatoms. The first-order valence-electron chi connectivity index (χ1n) is 13.5. The van der Waals surface area contributed by atoms with Crippen LogP contribution in [0.15, 0.2) is 65.6 Å². The van der Waals surface area contributed by atoms with Crippen LogP contribution in [0.4, 0.5) is 5.69 Å². The molecule has 3 aromatic rings. The van der Waals surface area contributed by atoms with Crippen molar-refractivity contribution in [1.82, 2.24) is 9.88 Å². The normalized spacial score (nSPS) is 17.7. The zero-order valence-corrected chi connectivity index (χ0v) is 23.4. The van der Waals surface area contributed by atoms with Crippen molar-refractivity contribution in [3.05, 3.63) is 71.9 Å². The molecule has 5 rings (SSSR count). The summed E-state index contributed by atoms with van der Waals surface area (Å²) in [6.45, 7) is 4.63. The number of amides is 1. The smallest absolute Gasteiger partial charge is 0.306 e. The number of aliphatic carboxylic acids is 1. The van der Waals surface area contributed by atoms with Crippen molar-refractivity contribution < 1.29 is 27.9 Å². The molecule has 1 saturated heterocycles. The van der Waals surface area contributed by atoms with Gasteiger partial charge in [0.15, 0.2) is 0 Å². The van der Waals surface area contributed by atoms with E-state index in [9.17, 15) is 23.1 Å². The maximum atomic E-state index is 14.0. The number of carbonyl (C=O) groups is 2. The van der Waals surface area contributed by atoms with Gasteiger partial charge in [-0.25, -0.2) is 8.42 Å². The van der Waals surface area contributed by atoms with Gasteiger partial charge in [0.05, 0.1) is 28.7 Å². The summed E-state index contributed by atoms with van der Waals surface area (Å²) in [6, 6.07) is 17.9. The number of ether oxygens (including phenoxy) is 1. The van der Waals surface area contributed by atoms with Crippen LogP contribution in [0.3, 0.4) is 0 Å². The van der Waals surface area contributed by atoms with E-state index in [4.69, 9.17) is 4.74 Å². The minimum atomic E-state index is -3.93. The van der Waals surface area contributed by atoms with Crippen LogP contribution in [0, 0.1) is 19.8 Å². The number of carboxylic acid groups (broad SMARTS) is 1. The number of anilines is 1. The van der Waals surface area contributed by atoms with Gasteiger partial charge in [-0.2, -0.15) is 0 Å². The predicted octanol–water partition coefficient (Wildman–Crippen LogP) is 4.43. The van der Waals surface area contributed by atoms with Gasteiger partial charge in [0, 0.05) is 30.8 Å². The standard InChI is InChI=1S/C30H33N3O6S/c1-20-5-3-7-25(17-20)40(37,38)33-19-24(10-12-29(34)32-15-13-22(14-16-32)30(35)36)39-28-11-9-23(18-27(28)33)26-8-4-6-21(2)31-26/h3-9,11,17-18,22,24H,10,12-16,19H2,1-2H3,(H,35,36)/t24-/m0/s1. The van der Waals surface area contributed by atoms with Gasteiger partial charge in [0.2, 0.25) is 5.91 Å². The number of aryl methyl sites for hydroxylation is 2. The van der Waals surface area contributed by atoms with E-state index in [1.54, 1.807) is 35.2 Å². The maximum Gasteiger partial charge on any atom is 0.306 e.